The number of hydrogen-bond acceptors (Lipinski definition) is 3. The smallest absolute Gasteiger partial charge is 0.334 e. The minimum atomic E-state index is -1.98. The fourth-order valence-electron chi connectivity index (χ4n) is 6.61. The maximum atomic E-state index is 6.09. The Bertz CT molecular complexity index is 409. The summed E-state index contributed by atoms with van der Waals surface area (Å²) in [4.78, 5) is 0. The molecule has 1 aliphatic rings. The van der Waals surface area contributed by atoms with Crippen LogP contribution in [0.2, 0.25) is 29.2 Å². The van der Waals surface area contributed by atoms with Crippen LogP contribution in [0.15, 0.2) is 0 Å². The van der Waals surface area contributed by atoms with Crippen molar-refractivity contribution < 1.29 is 8.85 Å². The van der Waals surface area contributed by atoms with Crippen molar-refractivity contribution >= 4 is 16.8 Å². The van der Waals surface area contributed by atoms with Gasteiger partial charge in [-0.3, -0.25) is 0 Å². The third-order valence-corrected chi connectivity index (χ3v) is 17.7. The van der Waals surface area contributed by atoms with Crippen LogP contribution >= 0.6 is 0 Å². The molecule has 0 spiro atoms. The molecule has 5 heteroatoms. The zero-order valence-electron chi connectivity index (χ0n) is 21.4. The van der Waals surface area contributed by atoms with E-state index < -0.39 is 16.8 Å². The van der Waals surface area contributed by atoms with E-state index in [4.69, 9.17) is 8.85 Å². The molecule has 1 aliphatic carbocycles. The lowest BCUT2D eigenvalue weighted by molar-refractivity contribution is 0.186. The lowest BCUT2D eigenvalue weighted by Crippen LogP contribution is -2.64. The van der Waals surface area contributed by atoms with Crippen LogP contribution in [0.3, 0.4) is 0 Å². The number of hydrogen-bond donors (Lipinski definition) is 0. The molecule has 1 rings (SSSR count). The first kappa shape index (κ1) is 27.3. The van der Waals surface area contributed by atoms with Gasteiger partial charge in [-0.1, -0.05) is 67.2 Å². The van der Waals surface area contributed by atoms with Crippen LogP contribution in [0.25, 0.3) is 0 Å². The highest BCUT2D eigenvalue weighted by Gasteiger charge is 2.50. The average Bonchev–Trinajstić information content (AvgIpc) is 2.64. The summed E-state index contributed by atoms with van der Waals surface area (Å²) >= 11 is 0. The van der Waals surface area contributed by atoms with E-state index in [9.17, 15) is 0 Å². The second-order valence-electron chi connectivity index (χ2n) is 10.3. The molecule has 0 N–H and O–H groups in total. The van der Waals surface area contributed by atoms with Crippen LogP contribution in [0.1, 0.15) is 100 Å². The molecule has 0 aromatic heterocycles. The standard InChI is InChI=1S/C24H53NO2Si2/c1-10-26-28(9,27-11-2)20-16-15-19-25(24-17-13-12-14-18-24)29(21(3)4,22(5)6)23(7)8/h21-24H,10-20H2,1-9H3. The van der Waals surface area contributed by atoms with Crippen molar-refractivity contribution in [2.45, 2.75) is 136 Å². The van der Waals surface area contributed by atoms with Gasteiger partial charge in [-0.2, -0.15) is 0 Å². The topological polar surface area (TPSA) is 21.7 Å². The minimum absolute atomic E-state index is 0.779. The Hall–Kier alpha value is 0.314. The quantitative estimate of drug-likeness (QED) is 0.202. The zero-order chi connectivity index (χ0) is 22.1. The Morgan fingerprint density at radius 3 is 1.69 bits per heavy atom. The Kier molecular flexibility index (Phi) is 12.3. The third kappa shape index (κ3) is 7.16. The van der Waals surface area contributed by atoms with E-state index >= 15 is 0 Å². The highest BCUT2D eigenvalue weighted by Crippen LogP contribution is 2.46. The van der Waals surface area contributed by atoms with Crippen LogP contribution < -0.4 is 0 Å². The summed E-state index contributed by atoms with van der Waals surface area (Å²) in [7, 11) is -3.57. The molecule has 0 atom stereocenters. The van der Waals surface area contributed by atoms with Crippen LogP contribution in [0, 0.1) is 0 Å². The van der Waals surface area contributed by atoms with E-state index in [1.54, 1.807) is 0 Å². The maximum Gasteiger partial charge on any atom is 0.334 e. The molecule has 29 heavy (non-hydrogen) atoms. The van der Waals surface area contributed by atoms with Gasteiger partial charge in [-0.15, -0.1) is 0 Å². The third-order valence-electron chi connectivity index (χ3n) is 7.47. The molecule has 0 heterocycles. The van der Waals surface area contributed by atoms with E-state index in [0.717, 1.165) is 41.9 Å². The van der Waals surface area contributed by atoms with Gasteiger partial charge in [0.25, 0.3) is 0 Å². The molecule has 1 saturated carbocycles. The zero-order valence-corrected chi connectivity index (χ0v) is 23.4. The second-order valence-corrected chi connectivity index (χ2v) is 19.5. The van der Waals surface area contributed by atoms with Gasteiger partial charge in [-0.05, 0) is 68.9 Å². The SMILES string of the molecule is CCO[Si](C)(CCCCN(C1CCCCC1)[Si](C(C)C)(C(C)C)C(C)C)OCC. The largest absolute Gasteiger partial charge is 0.395 e. The monoisotopic (exact) mass is 443 g/mol. The minimum Gasteiger partial charge on any atom is -0.395 e. The normalized spacial score (nSPS) is 17.3. The first-order valence-electron chi connectivity index (χ1n) is 12.7. The molecule has 0 aromatic rings. The predicted octanol–water partition coefficient (Wildman–Crippen LogP) is 7.72. The fourth-order valence-corrected chi connectivity index (χ4v) is 16.5. The van der Waals surface area contributed by atoms with Gasteiger partial charge in [0, 0.05) is 19.3 Å². The number of nitrogens with zero attached hydrogens (tertiary/aromatic N) is 1. The van der Waals surface area contributed by atoms with E-state index in [1.807, 2.05) is 0 Å². The van der Waals surface area contributed by atoms with Gasteiger partial charge in [0.05, 0.1) is 0 Å². The summed E-state index contributed by atoms with van der Waals surface area (Å²) in [6, 6.07) is 1.96. The summed E-state index contributed by atoms with van der Waals surface area (Å²) < 4.78 is 15.3. The summed E-state index contributed by atoms with van der Waals surface area (Å²) in [5.41, 5.74) is 2.41. The van der Waals surface area contributed by atoms with Crippen LogP contribution in [-0.4, -0.2) is 47.2 Å². The molecule has 0 saturated heterocycles. The molecule has 0 unspecified atom stereocenters. The molecular weight excluding hydrogens is 390 g/mol. The number of rotatable bonds is 14. The molecule has 0 radical (unpaired) electrons. The van der Waals surface area contributed by atoms with Gasteiger partial charge in [0.2, 0.25) is 0 Å². The highest BCUT2D eigenvalue weighted by atomic mass is 28.4. The average molecular weight is 444 g/mol. The van der Waals surface area contributed by atoms with Crippen molar-refractivity contribution in [2.75, 3.05) is 19.8 Å². The Balaban J connectivity index is 2.95. The lowest BCUT2D eigenvalue weighted by Gasteiger charge is -2.55. The lowest BCUT2D eigenvalue weighted by atomic mass is 9.95. The summed E-state index contributed by atoms with van der Waals surface area (Å²) in [6.07, 6.45) is 9.68. The van der Waals surface area contributed by atoms with E-state index in [1.165, 1.54) is 51.5 Å². The first-order valence-corrected chi connectivity index (χ1v) is 17.4. The Labute approximate surface area is 185 Å². The van der Waals surface area contributed by atoms with Crippen molar-refractivity contribution in [3.63, 3.8) is 0 Å². The van der Waals surface area contributed by atoms with E-state index in [0.29, 0.717) is 0 Å². The molecule has 0 amide bonds. The van der Waals surface area contributed by atoms with Gasteiger partial charge in [0.1, 0.15) is 8.24 Å². The second kappa shape index (κ2) is 13.0. The van der Waals surface area contributed by atoms with Gasteiger partial charge < -0.3 is 13.4 Å². The van der Waals surface area contributed by atoms with Crippen molar-refractivity contribution in [2.24, 2.45) is 0 Å². The molecule has 1 fully saturated rings. The van der Waals surface area contributed by atoms with E-state index in [-0.39, 0.29) is 0 Å². The van der Waals surface area contributed by atoms with Gasteiger partial charge in [-0.25, -0.2) is 0 Å². The molecular formula is C24H53NO2Si2. The maximum absolute atomic E-state index is 6.09. The van der Waals surface area contributed by atoms with E-state index in [2.05, 4.69) is 66.5 Å². The van der Waals surface area contributed by atoms with Crippen molar-refractivity contribution in [3.8, 4) is 0 Å². The Morgan fingerprint density at radius 1 is 0.793 bits per heavy atom. The van der Waals surface area contributed by atoms with Crippen LogP contribution in [0.5, 0.6) is 0 Å². The first-order chi connectivity index (χ1) is 13.7. The summed E-state index contributed by atoms with van der Waals surface area (Å²) in [5, 5.41) is 0. The highest BCUT2D eigenvalue weighted by molar-refractivity contribution is 6.81. The van der Waals surface area contributed by atoms with Gasteiger partial charge >= 0.3 is 8.56 Å². The molecule has 0 bridgehead atoms. The van der Waals surface area contributed by atoms with Gasteiger partial charge in [0.15, 0.2) is 0 Å². The van der Waals surface area contributed by atoms with Crippen molar-refractivity contribution in [1.29, 1.82) is 0 Å². The van der Waals surface area contributed by atoms with Crippen molar-refractivity contribution in [3.05, 3.63) is 0 Å². The number of unbranched alkanes of at least 4 members (excludes halogenated alkanes) is 1. The van der Waals surface area contributed by atoms with Crippen LogP contribution in [0.4, 0.5) is 0 Å². The Morgan fingerprint density at radius 2 is 1.28 bits per heavy atom. The predicted molar refractivity (Wildman–Crippen MR) is 134 cm³/mol. The molecule has 0 aliphatic heterocycles. The summed E-state index contributed by atoms with van der Waals surface area (Å²) in [5.74, 6) is 0. The molecule has 0 aromatic carbocycles. The van der Waals surface area contributed by atoms with Crippen molar-refractivity contribution in [1.82, 2.24) is 4.57 Å². The van der Waals surface area contributed by atoms with Crippen LogP contribution in [-0.2, 0) is 8.85 Å². The molecule has 174 valence electrons. The summed E-state index contributed by atoms with van der Waals surface area (Å²) in [6.45, 7) is 24.4. The molecule has 3 nitrogen and oxygen atoms in total. The fraction of sp³-hybridized carbons (Fsp3) is 1.00.